The van der Waals surface area contributed by atoms with Crippen molar-refractivity contribution in [3.05, 3.63) is 23.9 Å². The molecule has 2 aliphatic rings. The van der Waals surface area contributed by atoms with Gasteiger partial charge in [0.1, 0.15) is 5.82 Å². The van der Waals surface area contributed by atoms with Crippen LogP contribution in [0, 0.1) is 6.92 Å². The van der Waals surface area contributed by atoms with Gasteiger partial charge in [0.2, 0.25) is 11.8 Å². The second-order valence-electron chi connectivity index (χ2n) is 8.22. The molecule has 2 aliphatic heterocycles. The number of nitrogens with one attached hydrogen (secondary N) is 2. The number of nitrogens with zero attached hydrogens (tertiary/aromatic N) is 5. The highest BCUT2D eigenvalue weighted by Crippen LogP contribution is 2.14. The molecule has 0 radical (unpaired) electrons. The van der Waals surface area contributed by atoms with Crippen LogP contribution in [0.4, 0.5) is 5.82 Å². The fraction of sp³-hybridized carbons (Fsp3) is 0.636. The Morgan fingerprint density at radius 1 is 1.09 bits per heavy atom. The number of aryl methyl sites for hydroxylation is 1. The van der Waals surface area contributed by atoms with Crippen molar-refractivity contribution in [1.82, 2.24) is 25.0 Å². The first-order valence-corrected chi connectivity index (χ1v) is 11.2. The number of aliphatic imine (C=N–C) groups is 1. The van der Waals surface area contributed by atoms with Gasteiger partial charge in [-0.2, -0.15) is 0 Å². The van der Waals surface area contributed by atoms with Crippen LogP contribution in [0.15, 0.2) is 23.3 Å². The largest absolute Gasteiger partial charge is 0.356 e. The molecule has 0 aliphatic carbocycles. The lowest BCUT2D eigenvalue weighted by molar-refractivity contribution is -0.135. The Morgan fingerprint density at radius 3 is 2.38 bits per heavy atom. The standard InChI is InChI=1S/C22H35N7O2.HI/c1-17-6-7-19(25-16-17)26-20(30)8-9-24-22(23-3)29-14-12-27(13-15-29)18(2)21(31)28-10-4-5-11-28;/h6-7,16,18H,4-5,8-15H2,1-3H3,(H,23,24)(H,25,26,30);1H. The van der Waals surface area contributed by atoms with Gasteiger partial charge in [-0.1, -0.05) is 6.07 Å². The van der Waals surface area contributed by atoms with Crippen molar-refractivity contribution in [3.8, 4) is 0 Å². The third-order valence-electron chi connectivity index (χ3n) is 5.96. The van der Waals surface area contributed by atoms with Crippen LogP contribution in [0.25, 0.3) is 0 Å². The molecule has 0 spiro atoms. The van der Waals surface area contributed by atoms with Crippen LogP contribution >= 0.6 is 24.0 Å². The molecule has 0 aromatic carbocycles. The summed E-state index contributed by atoms with van der Waals surface area (Å²) in [5.74, 6) is 1.52. The summed E-state index contributed by atoms with van der Waals surface area (Å²) in [6.07, 6.45) is 4.30. The van der Waals surface area contributed by atoms with Crippen molar-refractivity contribution in [1.29, 1.82) is 0 Å². The molecular weight excluding hydrogens is 521 g/mol. The van der Waals surface area contributed by atoms with Crippen molar-refractivity contribution in [2.24, 2.45) is 4.99 Å². The highest BCUT2D eigenvalue weighted by atomic mass is 127. The summed E-state index contributed by atoms with van der Waals surface area (Å²) in [7, 11) is 1.75. The molecule has 1 aromatic rings. The molecule has 1 atom stereocenters. The SMILES string of the molecule is CN=C(NCCC(=O)Nc1ccc(C)cn1)N1CCN(C(C)C(=O)N2CCCC2)CC1.I. The number of amides is 2. The normalized spacial score (nSPS) is 18.2. The average molecular weight is 557 g/mol. The lowest BCUT2D eigenvalue weighted by Gasteiger charge is -2.39. The highest BCUT2D eigenvalue weighted by molar-refractivity contribution is 14.0. The number of likely N-dealkylation sites (tertiary alicyclic amines) is 1. The summed E-state index contributed by atoms with van der Waals surface area (Å²) in [5, 5.41) is 6.08. The van der Waals surface area contributed by atoms with Crippen molar-refractivity contribution in [3.63, 3.8) is 0 Å². The number of hydrogen-bond donors (Lipinski definition) is 2. The number of anilines is 1. The molecule has 0 bridgehead atoms. The number of pyridine rings is 1. The Labute approximate surface area is 208 Å². The van der Waals surface area contributed by atoms with Crippen LogP contribution in [0.2, 0.25) is 0 Å². The van der Waals surface area contributed by atoms with Crippen LogP contribution in [-0.4, -0.2) is 96.4 Å². The number of hydrogen-bond acceptors (Lipinski definition) is 5. The number of carbonyl (C=O) groups excluding carboxylic acids is 2. The van der Waals surface area contributed by atoms with Crippen LogP contribution in [-0.2, 0) is 9.59 Å². The fourth-order valence-electron chi connectivity index (χ4n) is 4.05. The third-order valence-corrected chi connectivity index (χ3v) is 5.96. The molecular formula is C22H36IN7O2. The van der Waals surface area contributed by atoms with Gasteiger partial charge in [0.25, 0.3) is 0 Å². The van der Waals surface area contributed by atoms with E-state index in [1.54, 1.807) is 19.3 Å². The van der Waals surface area contributed by atoms with Crippen LogP contribution in [0.5, 0.6) is 0 Å². The number of guanidine groups is 1. The van der Waals surface area contributed by atoms with E-state index >= 15 is 0 Å². The Morgan fingerprint density at radius 2 is 1.78 bits per heavy atom. The Kier molecular flexibility index (Phi) is 10.6. The van der Waals surface area contributed by atoms with E-state index in [4.69, 9.17) is 0 Å². The van der Waals surface area contributed by atoms with Crippen molar-refractivity contribution in [2.75, 3.05) is 58.2 Å². The number of rotatable bonds is 6. The lowest BCUT2D eigenvalue weighted by atomic mass is 10.2. The summed E-state index contributed by atoms with van der Waals surface area (Å²) in [5.41, 5.74) is 1.05. The lowest BCUT2D eigenvalue weighted by Crippen LogP contribution is -2.57. The molecule has 2 N–H and O–H groups in total. The smallest absolute Gasteiger partial charge is 0.239 e. The van der Waals surface area contributed by atoms with Gasteiger partial charge in [-0.3, -0.25) is 19.5 Å². The first kappa shape index (κ1) is 26.3. The molecule has 2 amide bonds. The van der Waals surface area contributed by atoms with Gasteiger partial charge in [-0.05, 0) is 38.3 Å². The van der Waals surface area contributed by atoms with Crippen LogP contribution < -0.4 is 10.6 Å². The zero-order chi connectivity index (χ0) is 22.2. The third kappa shape index (κ3) is 7.29. The van der Waals surface area contributed by atoms with E-state index < -0.39 is 0 Å². The summed E-state index contributed by atoms with van der Waals surface area (Å²) in [6, 6.07) is 3.64. The predicted molar refractivity (Wildman–Crippen MR) is 137 cm³/mol. The molecule has 178 valence electrons. The topological polar surface area (TPSA) is 93.2 Å². The number of aromatic nitrogens is 1. The second kappa shape index (κ2) is 12.9. The quantitative estimate of drug-likeness (QED) is 0.313. The average Bonchev–Trinajstić information content (AvgIpc) is 3.32. The van der Waals surface area contributed by atoms with E-state index in [1.807, 2.05) is 24.8 Å². The van der Waals surface area contributed by atoms with Crippen LogP contribution in [0.1, 0.15) is 31.7 Å². The Balaban J connectivity index is 0.00000363. The first-order chi connectivity index (χ1) is 15.0. The summed E-state index contributed by atoms with van der Waals surface area (Å²) < 4.78 is 0. The predicted octanol–water partition coefficient (Wildman–Crippen LogP) is 1.54. The van der Waals surface area contributed by atoms with Crippen LogP contribution in [0.3, 0.4) is 0 Å². The van der Waals surface area contributed by atoms with Crippen molar-refractivity contribution in [2.45, 2.75) is 39.2 Å². The number of carbonyl (C=O) groups is 2. The maximum Gasteiger partial charge on any atom is 0.239 e. The van der Waals surface area contributed by atoms with E-state index in [9.17, 15) is 9.59 Å². The van der Waals surface area contributed by atoms with E-state index in [2.05, 4.69) is 30.4 Å². The molecule has 9 nitrogen and oxygen atoms in total. The molecule has 2 saturated heterocycles. The van der Waals surface area contributed by atoms with Gasteiger partial charge in [-0.15, -0.1) is 24.0 Å². The van der Waals surface area contributed by atoms with Gasteiger partial charge in [-0.25, -0.2) is 4.98 Å². The zero-order valence-electron chi connectivity index (χ0n) is 19.3. The molecule has 10 heteroatoms. The molecule has 2 fully saturated rings. The van der Waals surface area contributed by atoms with Crippen molar-refractivity contribution >= 4 is 47.6 Å². The van der Waals surface area contributed by atoms with E-state index in [0.717, 1.165) is 63.6 Å². The molecule has 3 rings (SSSR count). The molecule has 32 heavy (non-hydrogen) atoms. The summed E-state index contributed by atoms with van der Waals surface area (Å²) in [4.78, 5) is 39.8. The highest BCUT2D eigenvalue weighted by Gasteiger charge is 2.30. The van der Waals surface area contributed by atoms with Gasteiger partial charge >= 0.3 is 0 Å². The minimum absolute atomic E-state index is 0. The second-order valence-corrected chi connectivity index (χ2v) is 8.22. The monoisotopic (exact) mass is 557 g/mol. The molecule has 3 heterocycles. The maximum atomic E-state index is 12.7. The first-order valence-electron chi connectivity index (χ1n) is 11.2. The van der Waals surface area contributed by atoms with Crippen molar-refractivity contribution < 1.29 is 9.59 Å². The molecule has 1 unspecified atom stereocenters. The molecule has 0 saturated carbocycles. The van der Waals surface area contributed by atoms with Gasteiger partial charge in [0.15, 0.2) is 5.96 Å². The zero-order valence-corrected chi connectivity index (χ0v) is 21.7. The Hall–Kier alpha value is -1.95. The minimum atomic E-state index is -0.0848. The van der Waals surface area contributed by atoms with E-state index in [1.165, 1.54) is 0 Å². The number of halogens is 1. The molecule has 1 aromatic heterocycles. The van der Waals surface area contributed by atoms with E-state index in [0.29, 0.717) is 18.8 Å². The maximum absolute atomic E-state index is 12.7. The summed E-state index contributed by atoms with van der Waals surface area (Å²) in [6.45, 7) is 9.51. The Bertz CT molecular complexity index is 773. The minimum Gasteiger partial charge on any atom is -0.356 e. The fourth-order valence-corrected chi connectivity index (χ4v) is 4.05. The van der Waals surface area contributed by atoms with Gasteiger partial charge < -0.3 is 20.4 Å². The van der Waals surface area contributed by atoms with Gasteiger partial charge in [0, 0.05) is 65.5 Å². The van der Waals surface area contributed by atoms with Gasteiger partial charge in [0.05, 0.1) is 6.04 Å². The summed E-state index contributed by atoms with van der Waals surface area (Å²) >= 11 is 0. The van der Waals surface area contributed by atoms with E-state index in [-0.39, 0.29) is 41.8 Å². The number of piperazine rings is 1.